The van der Waals surface area contributed by atoms with Crippen molar-refractivity contribution in [3.63, 3.8) is 0 Å². The van der Waals surface area contributed by atoms with Crippen molar-refractivity contribution in [2.75, 3.05) is 12.3 Å². The van der Waals surface area contributed by atoms with Crippen molar-refractivity contribution in [1.29, 1.82) is 0 Å². The van der Waals surface area contributed by atoms with Gasteiger partial charge in [-0.3, -0.25) is 4.79 Å². The lowest BCUT2D eigenvalue weighted by atomic mass is 10.1. The van der Waals surface area contributed by atoms with E-state index >= 15 is 0 Å². The standard InChI is InChI=1S/C11H9Cl2NO2/c12-7-4-6(5-8(13)10(7)14)11(15)9-2-1-3-16-9/h2,4-5H,1,3,14H2. The lowest BCUT2D eigenvalue weighted by Gasteiger charge is -2.06. The molecule has 16 heavy (non-hydrogen) atoms. The first kappa shape index (κ1) is 11.3. The van der Waals surface area contributed by atoms with Crippen molar-refractivity contribution < 1.29 is 9.53 Å². The Hall–Kier alpha value is -1.19. The number of ether oxygens (including phenoxy) is 1. The van der Waals surface area contributed by atoms with Gasteiger partial charge in [0.2, 0.25) is 5.78 Å². The largest absolute Gasteiger partial charge is 0.489 e. The highest BCUT2D eigenvalue weighted by atomic mass is 35.5. The van der Waals surface area contributed by atoms with Crippen molar-refractivity contribution in [1.82, 2.24) is 0 Å². The summed E-state index contributed by atoms with van der Waals surface area (Å²) in [5.74, 6) is 0.123. The number of carbonyl (C=O) groups excluding carboxylic acids is 1. The molecule has 0 radical (unpaired) electrons. The number of anilines is 1. The lowest BCUT2D eigenvalue weighted by Crippen LogP contribution is -2.04. The van der Waals surface area contributed by atoms with Crippen LogP contribution in [0.5, 0.6) is 0 Å². The Balaban J connectivity index is 2.37. The Morgan fingerprint density at radius 2 is 1.94 bits per heavy atom. The van der Waals surface area contributed by atoms with E-state index in [0.717, 1.165) is 6.42 Å². The van der Waals surface area contributed by atoms with Crippen LogP contribution >= 0.6 is 23.2 Å². The van der Waals surface area contributed by atoms with Crippen LogP contribution < -0.4 is 5.73 Å². The van der Waals surface area contributed by atoms with Gasteiger partial charge in [0.05, 0.1) is 22.3 Å². The summed E-state index contributed by atoms with van der Waals surface area (Å²) < 4.78 is 5.17. The molecule has 5 heteroatoms. The number of Topliss-reactive ketones (excluding diaryl/α,β-unsaturated/α-hetero) is 1. The molecule has 0 spiro atoms. The molecule has 0 atom stereocenters. The maximum Gasteiger partial charge on any atom is 0.227 e. The molecule has 0 unspecified atom stereocenters. The summed E-state index contributed by atoms with van der Waals surface area (Å²) in [6.45, 7) is 0.539. The molecule has 1 aromatic carbocycles. The lowest BCUT2D eigenvalue weighted by molar-refractivity contribution is 0.0942. The highest BCUT2D eigenvalue weighted by molar-refractivity contribution is 6.39. The first-order chi connectivity index (χ1) is 7.59. The molecule has 0 saturated carbocycles. The van der Waals surface area contributed by atoms with E-state index in [1.165, 1.54) is 12.1 Å². The van der Waals surface area contributed by atoms with Crippen LogP contribution in [0.1, 0.15) is 16.8 Å². The van der Waals surface area contributed by atoms with E-state index in [0.29, 0.717) is 17.9 Å². The minimum atomic E-state index is -0.221. The number of nitrogens with two attached hydrogens (primary N) is 1. The molecule has 0 aliphatic carbocycles. The van der Waals surface area contributed by atoms with E-state index in [4.69, 9.17) is 33.7 Å². The molecule has 0 bridgehead atoms. The summed E-state index contributed by atoms with van der Waals surface area (Å²) in [6.07, 6.45) is 2.50. The molecule has 1 aliphatic heterocycles. The first-order valence-electron chi connectivity index (χ1n) is 4.72. The second-order valence-electron chi connectivity index (χ2n) is 3.39. The molecule has 1 aliphatic rings. The zero-order valence-corrected chi connectivity index (χ0v) is 9.81. The highest BCUT2D eigenvalue weighted by Crippen LogP contribution is 2.30. The Morgan fingerprint density at radius 1 is 1.31 bits per heavy atom. The number of nitrogen functional groups attached to an aromatic ring is 1. The van der Waals surface area contributed by atoms with Gasteiger partial charge in [0, 0.05) is 12.0 Å². The zero-order valence-electron chi connectivity index (χ0n) is 8.30. The van der Waals surface area contributed by atoms with E-state index in [2.05, 4.69) is 0 Å². The predicted octanol–water partition coefficient (Wildman–Crippen LogP) is 3.06. The van der Waals surface area contributed by atoms with E-state index in [-0.39, 0.29) is 21.5 Å². The molecule has 1 heterocycles. The predicted molar refractivity (Wildman–Crippen MR) is 63.9 cm³/mol. The van der Waals surface area contributed by atoms with Crippen molar-refractivity contribution in [3.05, 3.63) is 39.6 Å². The summed E-state index contributed by atoms with van der Waals surface area (Å²) >= 11 is 11.7. The summed E-state index contributed by atoms with van der Waals surface area (Å²) in [7, 11) is 0. The van der Waals surface area contributed by atoms with E-state index in [9.17, 15) is 4.79 Å². The molecule has 0 amide bonds. The van der Waals surface area contributed by atoms with Crippen LogP contribution in [0.3, 0.4) is 0 Å². The van der Waals surface area contributed by atoms with Crippen LogP contribution in [-0.4, -0.2) is 12.4 Å². The molecule has 1 aromatic rings. The van der Waals surface area contributed by atoms with Crippen LogP contribution in [0.15, 0.2) is 24.0 Å². The highest BCUT2D eigenvalue weighted by Gasteiger charge is 2.18. The maximum absolute atomic E-state index is 11.9. The molecular weight excluding hydrogens is 249 g/mol. The van der Waals surface area contributed by atoms with Crippen molar-refractivity contribution in [2.45, 2.75) is 6.42 Å². The monoisotopic (exact) mass is 257 g/mol. The first-order valence-corrected chi connectivity index (χ1v) is 5.47. The van der Waals surface area contributed by atoms with Crippen LogP contribution in [0, 0.1) is 0 Å². The SMILES string of the molecule is Nc1c(Cl)cc(C(=O)C2=CCCO2)cc1Cl. The Morgan fingerprint density at radius 3 is 2.44 bits per heavy atom. The van der Waals surface area contributed by atoms with Gasteiger partial charge in [0.25, 0.3) is 0 Å². The molecule has 0 fully saturated rings. The molecule has 84 valence electrons. The van der Waals surface area contributed by atoms with Gasteiger partial charge >= 0.3 is 0 Å². The van der Waals surface area contributed by atoms with Crippen molar-refractivity contribution in [3.8, 4) is 0 Å². The summed E-state index contributed by atoms with van der Waals surface area (Å²) in [4.78, 5) is 11.9. The number of carbonyl (C=O) groups is 1. The van der Waals surface area contributed by atoms with Gasteiger partial charge in [0.1, 0.15) is 0 Å². The minimum Gasteiger partial charge on any atom is -0.489 e. The number of hydrogen-bond acceptors (Lipinski definition) is 3. The van der Waals surface area contributed by atoms with E-state index < -0.39 is 0 Å². The molecule has 0 saturated heterocycles. The number of allylic oxidation sites excluding steroid dienone is 1. The van der Waals surface area contributed by atoms with E-state index in [1.54, 1.807) is 6.08 Å². The fourth-order valence-corrected chi connectivity index (χ4v) is 1.92. The molecule has 2 N–H and O–H groups in total. The molecule has 3 nitrogen and oxygen atoms in total. The third-order valence-electron chi connectivity index (χ3n) is 2.27. The van der Waals surface area contributed by atoms with Crippen LogP contribution in [-0.2, 0) is 4.74 Å². The minimum absolute atomic E-state index is 0.221. The zero-order chi connectivity index (χ0) is 11.7. The second kappa shape index (κ2) is 4.36. The topological polar surface area (TPSA) is 52.3 Å². The number of rotatable bonds is 2. The van der Waals surface area contributed by atoms with Crippen LogP contribution in [0.25, 0.3) is 0 Å². The molecular formula is C11H9Cl2NO2. The molecule has 2 rings (SSSR count). The smallest absolute Gasteiger partial charge is 0.227 e. The van der Waals surface area contributed by atoms with Crippen LogP contribution in [0.4, 0.5) is 5.69 Å². The van der Waals surface area contributed by atoms with Gasteiger partial charge < -0.3 is 10.5 Å². The Kier molecular flexibility index (Phi) is 3.08. The van der Waals surface area contributed by atoms with Crippen LogP contribution in [0.2, 0.25) is 10.0 Å². The average Bonchev–Trinajstić information content (AvgIpc) is 2.77. The third kappa shape index (κ3) is 2.01. The number of hydrogen-bond donors (Lipinski definition) is 1. The van der Waals surface area contributed by atoms with Gasteiger partial charge in [-0.05, 0) is 18.2 Å². The van der Waals surface area contributed by atoms with Gasteiger partial charge in [0.15, 0.2) is 5.76 Å². The van der Waals surface area contributed by atoms with Gasteiger partial charge in [-0.25, -0.2) is 0 Å². The number of benzene rings is 1. The van der Waals surface area contributed by atoms with Crippen molar-refractivity contribution >= 4 is 34.7 Å². The third-order valence-corrected chi connectivity index (χ3v) is 2.90. The summed E-state index contributed by atoms with van der Waals surface area (Å²) in [5, 5.41) is 0.545. The van der Waals surface area contributed by atoms with Gasteiger partial charge in [-0.2, -0.15) is 0 Å². The fraction of sp³-hybridized carbons (Fsp3) is 0.182. The number of halogens is 2. The van der Waals surface area contributed by atoms with Gasteiger partial charge in [-0.15, -0.1) is 0 Å². The average molecular weight is 258 g/mol. The maximum atomic E-state index is 11.9. The Labute approximate surface area is 103 Å². The summed E-state index contributed by atoms with van der Waals surface area (Å²) in [5.41, 5.74) is 6.25. The van der Waals surface area contributed by atoms with E-state index in [1.807, 2.05) is 0 Å². The fourth-order valence-electron chi connectivity index (χ4n) is 1.43. The van der Waals surface area contributed by atoms with Crippen molar-refractivity contribution in [2.24, 2.45) is 0 Å². The quantitative estimate of drug-likeness (QED) is 0.655. The number of ketones is 1. The second-order valence-corrected chi connectivity index (χ2v) is 4.20. The summed E-state index contributed by atoms with van der Waals surface area (Å²) in [6, 6.07) is 2.99. The molecule has 0 aromatic heterocycles. The normalized spacial score (nSPS) is 14.5. The Bertz CT molecular complexity index is 460. The van der Waals surface area contributed by atoms with Gasteiger partial charge in [-0.1, -0.05) is 23.2 Å².